The molecule has 5 aliphatic carbocycles. The minimum atomic E-state index is -0.534. The highest BCUT2D eigenvalue weighted by Gasteiger charge is 2.69. The first-order chi connectivity index (χ1) is 19.2. The smallest absolute Gasteiger partial charge is 0.306 e. The second kappa shape index (κ2) is 10.7. The van der Waals surface area contributed by atoms with Crippen molar-refractivity contribution in [3.63, 3.8) is 0 Å². The van der Waals surface area contributed by atoms with E-state index in [4.69, 9.17) is 4.74 Å². The Bertz CT molecular complexity index is 1070. The van der Waals surface area contributed by atoms with Gasteiger partial charge in [0.1, 0.15) is 6.10 Å². The number of hydrogen-bond donors (Lipinski definition) is 1. The van der Waals surface area contributed by atoms with Crippen LogP contribution in [0.2, 0.25) is 0 Å². The summed E-state index contributed by atoms with van der Waals surface area (Å²) in [5.41, 5.74) is 2.28. The number of fused-ring (bicyclic) bond motifs is 7. The molecule has 0 saturated heterocycles. The van der Waals surface area contributed by atoms with Crippen LogP contribution in [-0.2, 0) is 14.3 Å². The van der Waals surface area contributed by atoms with Crippen LogP contribution in [-0.4, -0.2) is 23.5 Å². The van der Waals surface area contributed by atoms with Gasteiger partial charge in [0.2, 0.25) is 5.91 Å². The quantitative estimate of drug-likeness (QED) is 0.257. The van der Waals surface area contributed by atoms with Crippen LogP contribution in [0.4, 0.5) is 0 Å². The zero-order valence-electron chi connectivity index (χ0n) is 28.0. The third-order valence-electron chi connectivity index (χ3n) is 14.6. The first kappa shape index (κ1) is 31.1. The minimum Gasteiger partial charge on any atom is -0.460 e. The third kappa shape index (κ3) is 4.57. The van der Waals surface area contributed by atoms with Crippen molar-refractivity contribution in [1.29, 1.82) is 0 Å². The van der Waals surface area contributed by atoms with Crippen molar-refractivity contribution < 1.29 is 14.3 Å². The fraction of sp³-hybridized carbons (Fsp3) is 0.892. The normalized spacial score (nSPS) is 49.0. The van der Waals surface area contributed by atoms with Crippen LogP contribution in [0.25, 0.3) is 0 Å². The SMILES string of the molecule is CCCC(=O)N[C@@]1(C)[C@@H](OC(=O)CCC)CC[C@@]2(C)[C@H]1CC[C@]1(C)[C@@H]2CC=C2[C@@H]3[C@@H](C)[C@H](C)CC[C@]3(C)CC[C@]21C. The van der Waals surface area contributed by atoms with Gasteiger partial charge in [0.05, 0.1) is 5.54 Å². The number of esters is 1. The van der Waals surface area contributed by atoms with E-state index in [-0.39, 0.29) is 34.2 Å². The highest BCUT2D eigenvalue weighted by molar-refractivity contribution is 5.77. The molecule has 0 radical (unpaired) electrons. The van der Waals surface area contributed by atoms with Gasteiger partial charge in [-0.25, -0.2) is 0 Å². The molecule has 11 atom stereocenters. The summed E-state index contributed by atoms with van der Waals surface area (Å²) in [6.07, 6.45) is 15.8. The van der Waals surface area contributed by atoms with Crippen LogP contribution in [0.1, 0.15) is 146 Å². The molecule has 0 aliphatic heterocycles. The molecule has 4 heteroatoms. The van der Waals surface area contributed by atoms with Gasteiger partial charge in [0.15, 0.2) is 0 Å². The highest BCUT2D eigenvalue weighted by atomic mass is 16.5. The van der Waals surface area contributed by atoms with Crippen LogP contribution >= 0.6 is 0 Å². The Balaban J connectivity index is 1.53. The Morgan fingerprint density at radius 1 is 0.878 bits per heavy atom. The zero-order chi connectivity index (χ0) is 30.0. The predicted molar refractivity (Wildman–Crippen MR) is 167 cm³/mol. The van der Waals surface area contributed by atoms with E-state index in [1.807, 2.05) is 12.5 Å². The molecule has 0 spiro atoms. The third-order valence-corrected chi connectivity index (χ3v) is 14.6. The van der Waals surface area contributed by atoms with Gasteiger partial charge in [-0.05, 0) is 129 Å². The van der Waals surface area contributed by atoms with Gasteiger partial charge in [0, 0.05) is 12.8 Å². The van der Waals surface area contributed by atoms with E-state index >= 15 is 0 Å². The van der Waals surface area contributed by atoms with Crippen LogP contribution in [0, 0.1) is 51.2 Å². The summed E-state index contributed by atoms with van der Waals surface area (Å²) in [5, 5.41) is 3.51. The summed E-state index contributed by atoms with van der Waals surface area (Å²) in [6, 6.07) is 0. The molecule has 0 aromatic carbocycles. The van der Waals surface area contributed by atoms with Gasteiger partial charge in [-0.1, -0.05) is 67.0 Å². The second-order valence-corrected chi connectivity index (χ2v) is 16.6. The molecule has 4 nitrogen and oxygen atoms in total. The number of nitrogens with one attached hydrogen (secondary N) is 1. The molecule has 5 rings (SSSR count). The van der Waals surface area contributed by atoms with Gasteiger partial charge < -0.3 is 10.1 Å². The van der Waals surface area contributed by atoms with E-state index < -0.39 is 5.54 Å². The molecular weight excluding hydrogens is 506 g/mol. The van der Waals surface area contributed by atoms with Crippen molar-refractivity contribution in [2.24, 2.45) is 51.2 Å². The molecule has 0 unspecified atom stereocenters. The maximum atomic E-state index is 13.2. The van der Waals surface area contributed by atoms with Gasteiger partial charge in [-0.2, -0.15) is 0 Å². The molecule has 0 heterocycles. The number of amides is 1. The Morgan fingerprint density at radius 2 is 1.59 bits per heavy atom. The monoisotopic (exact) mass is 567 g/mol. The van der Waals surface area contributed by atoms with Crippen molar-refractivity contribution in [2.45, 2.75) is 157 Å². The van der Waals surface area contributed by atoms with Gasteiger partial charge in [-0.3, -0.25) is 9.59 Å². The van der Waals surface area contributed by atoms with Crippen molar-refractivity contribution in [2.75, 3.05) is 0 Å². The van der Waals surface area contributed by atoms with E-state index in [2.05, 4.69) is 66.8 Å². The van der Waals surface area contributed by atoms with Crippen LogP contribution < -0.4 is 5.32 Å². The average Bonchev–Trinajstić information content (AvgIpc) is 2.89. The topological polar surface area (TPSA) is 55.4 Å². The van der Waals surface area contributed by atoms with E-state index in [0.717, 1.165) is 50.4 Å². The Labute approximate surface area is 251 Å². The lowest BCUT2D eigenvalue weighted by Gasteiger charge is -2.71. The Hall–Kier alpha value is -1.32. The molecule has 4 saturated carbocycles. The molecule has 41 heavy (non-hydrogen) atoms. The largest absolute Gasteiger partial charge is 0.460 e. The van der Waals surface area contributed by atoms with E-state index in [1.165, 1.54) is 32.1 Å². The summed E-state index contributed by atoms with van der Waals surface area (Å²) in [7, 11) is 0. The molecule has 232 valence electrons. The fourth-order valence-electron chi connectivity index (χ4n) is 11.9. The highest BCUT2D eigenvalue weighted by Crippen LogP contribution is 2.75. The van der Waals surface area contributed by atoms with Crippen molar-refractivity contribution >= 4 is 11.9 Å². The summed E-state index contributed by atoms with van der Waals surface area (Å²) >= 11 is 0. The van der Waals surface area contributed by atoms with Gasteiger partial charge in [-0.15, -0.1) is 0 Å². The molecule has 0 aromatic heterocycles. The lowest BCUT2D eigenvalue weighted by molar-refractivity contribution is -0.202. The first-order valence-electron chi connectivity index (χ1n) is 17.4. The Morgan fingerprint density at radius 3 is 2.27 bits per heavy atom. The van der Waals surface area contributed by atoms with Crippen molar-refractivity contribution in [3.8, 4) is 0 Å². The fourth-order valence-corrected chi connectivity index (χ4v) is 11.9. The summed E-state index contributed by atoms with van der Waals surface area (Å²) < 4.78 is 6.21. The first-order valence-corrected chi connectivity index (χ1v) is 17.4. The van der Waals surface area contributed by atoms with Gasteiger partial charge >= 0.3 is 5.97 Å². The molecular formula is C37H61NO3. The number of ether oxygens (including phenoxy) is 1. The standard InChI is InChI=1S/C37H61NO3/c1-10-12-30(39)38-37(9)28-17-21-36(8)27(34(28,6)20-18-29(37)41-31(40)13-11-2)15-14-26-32-25(4)24(3)16-19-33(32,5)22-23-35(26,36)7/h14,24-25,27-29,32H,10-13,15-23H2,1-9H3,(H,38,39)/t24-,25+,27-,28-,29+,32+,33-,34-,35-,36-,37-/m1/s1. The van der Waals surface area contributed by atoms with Crippen LogP contribution in [0.5, 0.6) is 0 Å². The van der Waals surface area contributed by atoms with Gasteiger partial charge in [0.25, 0.3) is 0 Å². The number of carbonyl (C=O) groups is 2. The Kier molecular flexibility index (Phi) is 8.11. The number of rotatable bonds is 6. The maximum Gasteiger partial charge on any atom is 0.306 e. The summed E-state index contributed by atoms with van der Waals surface area (Å²) in [5.74, 6) is 3.11. The average molecular weight is 568 g/mol. The molecule has 5 aliphatic rings. The van der Waals surface area contributed by atoms with E-state index in [9.17, 15) is 9.59 Å². The second-order valence-electron chi connectivity index (χ2n) is 16.6. The molecule has 1 N–H and O–H groups in total. The summed E-state index contributed by atoms with van der Waals surface area (Å²) in [4.78, 5) is 26.0. The number of allylic oxidation sites excluding steroid dienone is 2. The zero-order valence-corrected chi connectivity index (χ0v) is 28.0. The molecule has 4 fully saturated rings. The molecule has 1 amide bonds. The van der Waals surface area contributed by atoms with E-state index in [1.54, 1.807) is 0 Å². The molecule has 0 bridgehead atoms. The number of hydrogen-bond acceptors (Lipinski definition) is 3. The predicted octanol–water partition coefficient (Wildman–Crippen LogP) is 9.02. The lowest BCUT2D eigenvalue weighted by Crippen LogP contribution is -2.71. The van der Waals surface area contributed by atoms with Crippen LogP contribution in [0.15, 0.2) is 11.6 Å². The minimum absolute atomic E-state index is 0.0895. The number of carbonyl (C=O) groups excluding carboxylic acids is 2. The van der Waals surface area contributed by atoms with Crippen molar-refractivity contribution in [1.82, 2.24) is 5.32 Å². The lowest BCUT2D eigenvalue weighted by atomic mass is 9.34. The molecule has 0 aromatic rings. The maximum absolute atomic E-state index is 13.2. The van der Waals surface area contributed by atoms with Crippen LogP contribution in [0.3, 0.4) is 0 Å². The van der Waals surface area contributed by atoms with Crippen molar-refractivity contribution in [3.05, 3.63) is 11.6 Å². The summed E-state index contributed by atoms with van der Waals surface area (Å²) in [6.45, 7) is 21.8. The van der Waals surface area contributed by atoms with E-state index in [0.29, 0.717) is 36.0 Å².